The van der Waals surface area contributed by atoms with E-state index in [-0.39, 0.29) is 24.2 Å². The first-order valence-electron chi connectivity index (χ1n) is 11.6. The van der Waals surface area contributed by atoms with Gasteiger partial charge in [-0.25, -0.2) is 0 Å². The molecule has 6 atom stereocenters. The number of hydrogen-bond acceptors (Lipinski definition) is 10. The number of phenols is 1. The molecule has 3 N–H and O–H groups in total. The standard InChI is InChI=1S/C25H29N3O8/c1-10(29)26-24(35)18-21(32)19(28(4)5)13-9-11-8-12-14(27(2)3)6-7-15(30)17(12)20(31)16(11)22(33)25(13,36)23(18)34/h6-7,11,13,16,18-19,30,36H,8-9H2,1-5H3,(H,26,29,35)/t11-,13-,16?,18?,19-,25-/m0/s1. The van der Waals surface area contributed by atoms with Crippen molar-refractivity contribution in [3.8, 4) is 5.75 Å². The Kier molecular flexibility index (Phi) is 6.12. The van der Waals surface area contributed by atoms with Crippen molar-refractivity contribution in [2.24, 2.45) is 23.7 Å². The third-order valence-electron chi connectivity index (χ3n) is 7.68. The molecule has 3 aliphatic carbocycles. The first-order valence-corrected chi connectivity index (χ1v) is 11.6. The molecule has 4 rings (SSSR count). The molecule has 3 aliphatic rings. The molecule has 0 aliphatic heterocycles. The van der Waals surface area contributed by atoms with E-state index in [2.05, 4.69) is 0 Å². The first kappa shape index (κ1) is 25.6. The van der Waals surface area contributed by atoms with Crippen LogP contribution in [-0.4, -0.2) is 89.9 Å². The molecule has 11 nitrogen and oxygen atoms in total. The van der Waals surface area contributed by atoms with Crippen molar-refractivity contribution in [2.45, 2.75) is 31.4 Å². The van der Waals surface area contributed by atoms with Gasteiger partial charge < -0.3 is 15.1 Å². The monoisotopic (exact) mass is 499 g/mol. The summed E-state index contributed by atoms with van der Waals surface area (Å²) in [7, 11) is 6.61. The van der Waals surface area contributed by atoms with Gasteiger partial charge in [-0.15, -0.1) is 0 Å². The van der Waals surface area contributed by atoms with E-state index in [0.717, 1.165) is 6.92 Å². The summed E-state index contributed by atoms with van der Waals surface area (Å²) >= 11 is 0. The Morgan fingerprint density at radius 1 is 1.06 bits per heavy atom. The molecule has 0 aromatic heterocycles. The summed E-state index contributed by atoms with van der Waals surface area (Å²) in [5, 5.41) is 24.1. The van der Waals surface area contributed by atoms with E-state index in [4.69, 9.17) is 0 Å². The van der Waals surface area contributed by atoms with E-state index < -0.39 is 70.3 Å². The lowest BCUT2D eigenvalue weighted by Crippen LogP contribution is -2.74. The van der Waals surface area contributed by atoms with Crippen molar-refractivity contribution in [1.82, 2.24) is 10.2 Å². The fourth-order valence-corrected chi connectivity index (χ4v) is 6.23. The number of aromatic hydroxyl groups is 1. The number of imide groups is 1. The molecule has 0 bridgehead atoms. The Balaban J connectivity index is 1.86. The lowest BCUT2D eigenvalue weighted by molar-refractivity contribution is -0.181. The molecule has 1 aromatic rings. The molecule has 2 fully saturated rings. The Morgan fingerprint density at radius 2 is 1.69 bits per heavy atom. The summed E-state index contributed by atoms with van der Waals surface area (Å²) in [6, 6.07) is 1.83. The highest BCUT2D eigenvalue weighted by Crippen LogP contribution is 2.51. The number of amides is 2. The van der Waals surface area contributed by atoms with Crippen LogP contribution in [0, 0.1) is 23.7 Å². The van der Waals surface area contributed by atoms with Crippen LogP contribution < -0.4 is 10.2 Å². The average molecular weight is 500 g/mol. The maximum Gasteiger partial charge on any atom is 0.244 e. The number of nitrogens with one attached hydrogen (secondary N) is 1. The number of ketones is 4. The van der Waals surface area contributed by atoms with Gasteiger partial charge in [-0.1, -0.05) is 0 Å². The van der Waals surface area contributed by atoms with Gasteiger partial charge in [0.15, 0.2) is 34.7 Å². The number of anilines is 1. The molecule has 2 amide bonds. The van der Waals surface area contributed by atoms with Gasteiger partial charge in [-0.3, -0.25) is 39.0 Å². The van der Waals surface area contributed by atoms with Gasteiger partial charge in [0, 0.05) is 32.6 Å². The van der Waals surface area contributed by atoms with Crippen LogP contribution in [0.25, 0.3) is 0 Å². The Morgan fingerprint density at radius 3 is 2.25 bits per heavy atom. The molecule has 36 heavy (non-hydrogen) atoms. The molecule has 11 heteroatoms. The van der Waals surface area contributed by atoms with Crippen molar-refractivity contribution < 1.29 is 39.0 Å². The number of phenolic OH excluding ortho intramolecular Hbond substituents is 1. The van der Waals surface area contributed by atoms with Gasteiger partial charge in [0.25, 0.3) is 0 Å². The molecule has 192 valence electrons. The maximum atomic E-state index is 13.8. The minimum atomic E-state index is -2.79. The minimum absolute atomic E-state index is 0.0119. The van der Waals surface area contributed by atoms with E-state index in [1.54, 1.807) is 25.1 Å². The van der Waals surface area contributed by atoms with Gasteiger partial charge in [0.05, 0.1) is 17.5 Å². The highest BCUT2D eigenvalue weighted by Gasteiger charge is 2.69. The van der Waals surface area contributed by atoms with Crippen LogP contribution in [0.1, 0.15) is 29.3 Å². The van der Waals surface area contributed by atoms with E-state index >= 15 is 0 Å². The Hall–Kier alpha value is -3.44. The number of carbonyl (C=O) groups is 6. The van der Waals surface area contributed by atoms with Crippen LogP contribution in [0.15, 0.2) is 12.1 Å². The second kappa shape index (κ2) is 8.59. The lowest BCUT2D eigenvalue weighted by atomic mass is 9.52. The molecule has 2 saturated carbocycles. The van der Waals surface area contributed by atoms with Crippen molar-refractivity contribution >= 4 is 40.6 Å². The van der Waals surface area contributed by atoms with Crippen LogP contribution in [-0.2, 0) is 30.4 Å². The van der Waals surface area contributed by atoms with Crippen molar-refractivity contribution in [3.05, 3.63) is 23.3 Å². The number of hydrogen-bond donors (Lipinski definition) is 3. The van der Waals surface area contributed by atoms with E-state index in [1.165, 1.54) is 25.1 Å². The van der Waals surface area contributed by atoms with Crippen LogP contribution >= 0.6 is 0 Å². The number of benzene rings is 1. The number of Topliss-reactive ketones (excluding diaryl/α,β-unsaturated/α-hetero) is 4. The number of rotatable bonds is 3. The van der Waals surface area contributed by atoms with Gasteiger partial charge in [0.1, 0.15) is 5.75 Å². The van der Waals surface area contributed by atoms with E-state index in [0.29, 0.717) is 11.3 Å². The van der Waals surface area contributed by atoms with Gasteiger partial charge in [-0.05, 0) is 50.6 Å². The summed E-state index contributed by atoms with van der Waals surface area (Å²) in [5.74, 6) is -11.6. The molecule has 2 unspecified atom stereocenters. The largest absolute Gasteiger partial charge is 0.507 e. The predicted octanol–water partition coefficient (Wildman–Crippen LogP) is -0.890. The molecule has 1 aromatic carbocycles. The zero-order valence-electron chi connectivity index (χ0n) is 20.7. The number of nitrogens with zero attached hydrogens (tertiary/aromatic N) is 2. The fraction of sp³-hybridized carbons (Fsp3) is 0.520. The summed E-state index contributed by atoms with van der Waals surface area (Å²) in [6.45, 7) is 1.03. The smallest absolute Gasteiger partial charge is 0.244 e. The van der Waals surface area contributed by atoms with Crippen LogP contribution in [0.4, 0.5) is 5.69 Å². The summed E-state index contributed by atoms with van der Waals surface area (Å²) in [6.07, 6.45) is 0.199. The first-order chi connectivity index (χ1) is 16.7. The molecule has 0 spiro atoms. The highest BCUT2D eigenvalue weighted by atomic mass is 16.3. The molecule has 0 heterocycles. The third kappa shape index (κ3) is 3.48. The quantitative estimate of drug-likeness (QED) is 0.445. The fourth-order valence-electron chi connectivity index (χ4n) is 6.23. The zero-order chi connectivity index (χ0) is 26.9. The zero-order valence-corrected chi connectivity index (χ0v) is 20.7. The van der Waals surface area contributed by atoms with Crippen molar-refractivity contribution in [1.29, 1.82) is 0 Å². The molecular weight excluding hydrogens is 470 g/mol. The molecule has 0 saturated heterocycles. The average Bonchev–Trinajstić information content (AvgIpc) is 2.75. The normalized spacial score (nSPS) is 31.5. The third-order valence-corrected chi connectivity index (χ3v) is 7.68. The summed E-state index contributed by atoms with van der Waals surface area (Å²) < 4.78 is 0. The highest BCUT2D eigenvalue weighted by molar-refractivity contribution is 6.33. The Bertz CT molecular complexity index is 1220. The number of fused-ring (bicyclic) bond motifs is 3. The SMILES string of the molecule is CC(=O)NC(=O)C1C(=O)[C@@H](N(C)C)[C@@H]2C[C@@H]3Cc4c(N(C)C)ccc(O)c4C(=O)C3C(=O)[C@]2(O)C1=O. The van der Waals surface area contributed by atoms with Crippen molar-refractivity contribution in [3.63, 3.8) is 0 Å². The van der Waals surface area contributed by atoms with Crippen molar-refractivity contribution in [2.75, 3.05) is 33.1 Å². The van der Waals surface area contributed by atoms with Gasteiger partial charge in [0.2, 0.25) is 11.8 Å². The number of aliphatic hydroxyl groups is 1. The van der Waals surface area contributed by atoms with Gasteiger partial charge in [-0.2, -0.15) is 0 Å². The topological polar surface area (TPSA) is 161 Å². The lowest BCUT2D eigenvalue weighted by Gasteiger charge is -2.52. The minimum Gasteiger partial charge on any atom is -0.507 e. The van der Waals surface area contributed by atoms with E-state index in [1.807, 2.05) is 5.32 Å². The predicted molar refractivity (Wildman–Crippen MR) is 125 cm³/mol. The maximum absolute atomic E-state index is 13.8. The summed E-state index contributed by atoms with van der Waals surface area (Å²) in [4.78, 5) is 81.6. The number of carbonyl (C=O) groups excluding carboxylic acids is 6. The Labute approximate surface area is 207 Å². The van der Waals surface area contributed by atoms with E-state index in [9.17, 15) is 39.0 Å². The van der Waals surface area contributed by atoms with Crippen LogP contribution in [0.2, 0.25) is 0 Å². The summed E-state index contributed by atoms with van der Waals surface area (Å²) in [5.41, 5.74) is -1.58. The second-order valence-electron chi connectivity index (χ2n) is 10.3. The van der Waals surface area contributed by atoms with Crippen LogP contribution in [0.3, 0.4) is 0 Å². The second-order valence-corrected chi connectivity index (χ2v) is 10.3. The molecule has 0 radical (unpaired) electrons. The van der Waals surface area contributed by atoms with Crippen LogP contribution in [0.5, 0.6) is 5.75 Å². The molecular formula is C25H29N3O8. The van der Waals surface area contributed by atoms with Gasteiger partial charge >= 0.3 is 0 Å². The number of likely N-dealkylation sites (N-methyl/N-ethyl adjacent to an activating group) is 1.